The molecule has 1 heterocycles. The van der Waals surface area contributed by atoms with Gasteiger partial charge in [0.2, 0.25) is 0 Å². The summed E-state index contributed by atoms with van der Waals surface area (Å²) in [6.07, 6.45) is -7.39. The van der Waals surface area contributed by atoms with Crippen LogP contribution in [0.25, 0.3) is 0 Å². The molecule has 0 N–H and O–H groups in total. The van der Waals surface area contributed by atoms with E-state index < -0.39 is 79.9 Å². The van der Waals surface area contributed by atoms with Crippen molar-refractivity contribution in [1.29, 1.82) is 0 Å². The number of ether oxygens (including phenoxy) is 7. The Balaban J connectivity index is 2.57. The number of hydrogen-bond acceptors (Lipinski definition) is 12. The summed E-state index contributed by atoms with van der Waals surface area (Å²) in [5.74, 6) is -3.47. The van der Waals surface area contributed by atoms with E-state index in [0.29, 0.717) is 5.56 Å². The monoisotopic (exact) mass is 510 g/mol. The molecule has 1 aromatic carbocycles. The Morgan fingerprint density at radius 2 is 1.14 bits per heavy atom. The van der Waals surface area contributed by atoms with Crippen molar-refractivity contribution in [3.63, 3.8) is 0 Å². The molecule has 36 heavy (non-hydrogen) atoms. The minimum atomic E-state index is -1.33. The Labute approximate surface area is 208 Å². The van der Waals surface area contributed by atoms with Gasteiger partial charge in [-0.25, -0.2) is 0 Å². The highest BCUT2D eigenvalue weighted by Crippen LogP contribution is 2.36. The molecular weight excluding hydrogens is 480 g/mol. The average molecular weight is 510 g/mol. The lowest BCUT2D eigenvalue weighted by Gasteiger charge is -2.45. The predicted octanol–water partition coefficient (Wildman–Crippen LogP) is 1.39. The average Bonchev–Trinajstić information content (AvgIpc) is 2.79. The summed E-state index contributed by atoms with van der Waals surface area (Å²) >= 11 is 0. The summed E-state index contributed by atoms with van der Waals surface area (Å²) in [4.78, 5) is 58.8. The van der Waals surface area contributed by atoms with Crippen LogP contribution >= 0.6 is 0 Å². The van der Waals surface area contributed by atoms with Crippen molar-refractivity contribution >= 4 is 29.8 Å². The number of benzene rings is 1. The molecule has 198 valence electrons. The van der Waals surface area contributed by atoms with Crippen molar-refractivity contribution in [2.45, 2.75) is 71.4 Å². The smallest absolute Gasteiger partial charge is 0.303 e. The number of carbonyl (C=O) groups excluding carboxylic acids is 5. The molecule has 0 aromatic heterocycles. The van der Waals surface area contributed by atoms with E-state index in [1.54, 1.807) is 30.3 Å². The topological polar surface area (TPSA) is 150 Å². The third-order valence-corrected chi connectivity index (χ3v) is 4.85. The van der Waals surface area contributed by atoms with Gasteiger partial charge in [0.05, 0.1) is 0 Å². The zero-order valence-electron chi connectivity index (χ0n) is 20.7. The fourth-order valence-electron chi connectivity index (χ4n) is 3.57. The second-order valence-electron chi connectivity index (χ2n) is 7.92. The van der Waals surface area contributed by atoms with E-state index >= 15 is 0 Å². The van der Waals surface area contributed by atoms with Gasteiger partial charge in [-0.2, -0.15) is 0 Å². The summed E-state index contributed by atoms with van der Waals surface area (Å²) in [5, 5.41) is 0. The Kier molecular flexibility index (Phi) is 10.8. The van der Waals surface area contributed by atoms with Gasteiger partial charge >= 0.3 is 29.8 Å². The lowest BCUT2D eigenvalue weighted by Crippen LogP contribution is -2.60. The first kappa shape index (κ1) is 28.7. The lowest BCUT2D eigenvalue weighted by atomic mass is 9.96. The van der Waals surface area contributed by atoms with Gasteiger partial charge in [-0.1, -0.05) is 30.3 Å². The molecule has 2 rings (SSSR count). The van der Waals surface area contributed by atoms with Crippen LogP contribution in [0.4, 0.5) is 0 Å². The van der Waals surface area contributed by atoms with Crippen molar-refractivity contribution in [2.75, 3.05) is 13.2 Å². The Bertz CT molecular complexity index is 882. The molecule has 1 fully saturated rings. The van der Waals surface area contributed by atoms with Gasteiger partial charge in [-0.05, 0) is 0 Å². The van der Waals surface area contributed by atoms with Crippen LogP contribution in [0.15, 0.2) is 30.3 Å². The summed E-state index contributed by atoms with van der Waals surface area (Å²) in [6.45, 7) is 4.93. The van der Waals surface area contributed by atoms with Crippen LogP contribution < -0.4 is 0 Å². The molecule has 2 unspecified atom stereocenters. The predicted molar refractivity (Wildman–Crippen MR) is 119 cm³/mol. The molecule has 0 spiro atoms. The summed E-state index contributed by atoms with van der Waals surface area (Å²) in [6, 6.07) is 8.63. The highest BCUT2D eigenvalue weighted by molar-refractivity contribution is 5.68. The highest BCUT2D eigenvalue weighted by atomic mass is 16.7. The van der Waals surface area contributed by atoms with Crippen molar-refractivity contribution in [2.24, 2.45) is 0 Å². The largest absolute Gasteiger partial charge is 0.462 e. The normalized spacial score (nSPS) is 22.9. The van der Waals surface area contributed by atoms with Crippen molar-refractivity contribution in [1.82, 2.24) is 0 Å². The van der Waals surface area contributed by atoms with Crippen LogP contribution in [-0.2, 0) is 57.1 Å². The molecule has 1 aliphatic rings. The summed E-state index contributed by atoms with van der Waals surface area (Å²) in [5.41, 5.74) is 0.539. The Morgan fingerprint density at radius 3 is 1.50 bits per heavy atom. The fraction of sp³-hybridized carbons (Fsp3) is 0.542. The second kappa shape index (κ2) is 13.5. The molecule has 1 saturated heterocycles. The summed E-state index contributed by atoms with van der Waals surface area (Å²) in [7, 11) is 0. The molecule has 12 heteroatoms. The van der Waals surface area contributed by atoms with Gasteiger partial charge in [0.15, 0.2) is 24.6 Å². The first-order chi connectivity index (χ1) is 17.0. The second-order valence-corrected chi connectivity index (χ2v) is 7.92. The number of rotatable bonds is 10. The van der Waals surface area contributed by atoms with E-state index in [1.807, 2.05) is 0 Å². The standard InChI is InChI=1S/C24H30O12/c1-13(25)30-11-19(32-15(3)27)21-23(34-17(5)29)22(20(33-16(4)28)12-31-14(2)26)36-24(35-21)18-9-7-6-8-10-18/h6-10,19-24H,11-12H2,1-5H3/t19-,20+,21-,22-,23?,24?/m0/s1. The highest BCUT2D eigenvalue weighted by Gasteiger charge is 2.51. The zero-order chi connectivity index (χ0) is 26.8. The Hall–Kier alpha value is -3.51. The van der Waals surface area contributed by atoms with Gasteiger partial charge in [-0.3, -0.25) is 24.0 Å². The van der Waals surface area contributed by atoms with Crippen LogP contribution in [0.3, 0.4) is 0 Å². The molecule has 0 radical (unpaired) electrons. The van der Waals surface area contributed by atoms with E-state index in [2.05, 4.69) is 0 Å². The van der Waals surface area contributed by atoms with Gasteiger partial charge in [-0.15, -0.1) is 0 Å². The number of hydrogen-bond donors (Lipinski definition) is 0. The van der Waals surface area contributed by atoms with E-state index in [0.717, 1.165) is 20.8 Å². The first-order valence-electron chi connectivity index (χ1n) is 11.1. The first-order valence-corrected chi connectivity index (χ1v) is 11.1. The quantitative estimate of drug-likeness (QED) is 0.330. The fourth-order valence-corrected chi connectivity index (χ4v) is 3.57. The van der Waals surface area contributed by atoms with Crippen molar-refractivity contribution in [3.05, 3.63) is 35.9 Å². The van der Waals surface area contributed by atoms with Crippen molar-refractivity contribution in [3.8, 4) is 0 Å². The van der Waals surface area contributed by atoms with E-state index in [-0.39, 0.29) is 0 Å². The van der Waals surface area contributed by atoms with E-state index in [9.17, 15) is 24.0 Å². The summed E-state index contributed by atoms with van der Waals surface area (Å²) < 4.78 is 38.5. The van der Waals surface area contributed by atoms with Crippen LogP contribution in [0, 0.1) is 0 Å². The van der Waals surface area contributed by atoms with Crippen LogP contribution in [-0.4, -0.2) is 73.6 Å². The molecule has 12 nitrogen and oxygen atoms in total. The maximum atomic E-state index is 12.1. The van der Waals surface area contributed by atoms with Gasteiger partial charge in [0.25, 0.3) is 0 Å². The molecular formula is C24H30O12. The molecule has 6 atom stereocenters. The molecule has 0 saturated carbocycles. The van der Waals surface area contributed by atoms with E-state index in [1.165, 1.54) is 13.8 Å². The molecule has 0 aliphatic carbocycles. The maximum Gasteiger partial charge on any atom is 0.303 e. The number of carbonyl (C=O) groups is 5. The minimum Gasteiger partial charge on any atom is -0.462 e. The maximum absolute atomic E-state index is 12.1. The molecule has 0 bridgehead atoms. The third-order valence-electron chi connectivity index (χ3n) is 4.85. The van der Waals surface area contributed by atoms with Crippen LogP contribution in [0.5, 0.6) is 0 Å². The van der Waals surface area contributed by atoms with Gasteiger partial charge in [0.1, 0.15) is 25.4 Å². The molecule has 1 aliphatic heterocycles. The van der Waals surface area contributed by atoms with Gasteiger partial charge < -0.3 is 33.2 Å². The zero-order valence-corrected chi connectivity index (χ0v) is 20.7. The van der Waals surface area contributed by atoms with Crippen LogP contribution in [0.1, 0.15) is 46.5 Å². The lowest BCUT2D eigenvalue weighted by molar-refractivity contribution is -0.325. The molecule has 1 aromatic rings. The Morgan fingerprint density at radius 1 is 0.694 bits per heavy atom. The van der Waals surface area contributed by atoms with Crippen molar-refractivity contribution < 1.29 is 57.1 Å². The van der Waals surface area contributed by atoms with Crippen LogP contribution in [0.2, 0.25) is 0 Å². The molecule has 0 amide bonds. The third kappa shape index (κ3) is 8.93. The van der Waals surface area contributed by atoms with Gasteiger partial charge in [0, 0.05) is 40.2 Å². The minimum absolute atomic E-state index is 0.423. The number of esters is 5. The SMILES string of the molecule is CC(=O)OC[C@H](OC(C)=O)[C@@H]1OC(c2ccccc2)O[C@@H]([C@@H](COC(C)=O)OC(C)=O)C1OC(C)=O. The van der Waals surface area contributed by atoms with E-state index in [4.69, 9.17) is 33.2 Å².